The number of carbonyl (C=O) groups excluding carboxylic acids is 1. The van der Waals surface area contributed by atoms with Gasteiger partial charge in [-0.25, -0.2) is 9.00 Å². The lowest BCUT2D eigenvalue weighted by atomic mass is 10.1. The molecule has 0 atom stereocenters. The fourth-order valence-electron chi connectivity index (χ4n) is 1.91. The fraction of sp³-hybridized carbons (Fsp3) is 0.909. The Balaban J connectivity index is 2.55. The van der Waals surface area contributed by atoms with Crippen molar-refractivity contribution in [3.8, 4) is 0 Å². The van der Waals surface area contributed by atoms with Crippen molar-refractivity contribution in [2.45, 2.75) is 44.5 Å². The molecule has 1 rings (SSSR count). The summed E-state index contributed by atoms with van der Waals surface area (Å²) >= 11 is 0. The molecule has 0 aromatic carbocycles. The van der Waals surface area contributed by atoms with Crippen LogP contribution < -0.4 is 0 Å². The van der Waals surface area contributed by atoms with Gasteiger partial charge in [-0.1, -0.05) is 0 Å². The van der Waals surface area contributed by atoms with Crippen LogP contribution in [0.2, 0.25) is 0 Å². The maximum atomic E-state index is 11.8. The molecule has 108 valence electrons. The van der Waals surface area contributed by atoms with Crippen molar-refractivity contribution in [3.63, 3.8) is 0 Å². The number of amides is 1. The summed E-state index contributed by atoms with van der Waals surface area (Å²) in [4.78, 5) is 13.3. The maximum absolute atomic E-state index is 11.8. The Morgan fingerprint density at radius 2 is 1.72 bits per heavy atom. The van der Waals surface area contributed by atoms with Crippen LogP contribution in [0.15, 0.2) is 0 Å². The number of ether oxygens (including phenoxy) is 1. The quantitative estimate of drug-likeness (QED) is 0.765. The third kappa shape index (κ3) is 4.55. The summed E-state index contributed by atoms with van der Waals surface area (Å²) in [6, 6.07) is 0. The summed E-state index contributed by atoms with van der Waals surface area (Å²) in [6.07, 6.45) is 1.14. The molecule has 0 aromatic rings. The first-order chi connectivity index (χ1) is 7.85. The molecule has 2 N–H and O–H groups in total. The first-order valence-corrected chi connectivity index (χ1v) is 8.31. The lowest BCUT2D eigenvalue weighted by Crippen LogP contribution is -2.51. The van der Waals surface area contributed by atoms with Gasteiger partial charge in [0.15, 0.2) is 0 Å². The first kappa shape index (κ1) is 15.4. The summed E-state index contributed by atoms with van der Waals surface area (Å²) in [5.74, 6) is 0. The van der Waals surface area contributed by atoms with Gasteiger partial charge in [0.25, 0.3) is 0 Å². The molecule has 0 saturated carbocycles. The van der Waals surface area contributed by atoms with E-state index in [-0.39, 0.29) is 0 Å². The van der Waals surface area contributed by atoms with Crippen molar-refractivity contribution in [2.24, 2.45) is 0 Å². The Morgan fingerprint density at radius 1 is 1.28 bits per heavy atom. The van der Waals surface area contributed by atoms with E-state index in [1.807, 2.05) is 0 Å². The van der Waals surface area contributed by atoms with E-state index in [1.165, 1.54) is 4.90 Å². The standard InChI is InChI=1S/C11H23NO5S/c1-11(2,3)17-10(13)12-7-5-9(6-8-12)18(4,14,15)16/h9H,5-8H2,1-4H3,(H2,14,15,16). The second-order valence-corrected chi connectivity index (χ2v) is 9.25. The van der Waals surface area contributed by atoms with E-state index in [0.717, 1.165) is 6.26 Å². The van der Waals surface area contributed by atoms with Crippen molar-refractivity contribution < 1.29 is 22.8 Å². The van der Waals surface area contributed by atoms with Gasteiger partial charge in [0.05, 0.1) is 14.9 Å². The Bertz CT molecular complexity index is 376. The SMILES string of the molecule is CC(C)(C)OC(=O)N1CCC(S(C)(=O)(O)O)CC1. The van der Waals surface area contributed by atoms with E-state index in [2.05, 4.69) is 0 Å². The molecule has 0 unspecified atom stereocenters. The Kier molecular flexibility index (Phi) is 3.82. The number of piperidine rings is 1. The zero-order valence-corrected chi connectivity index (χ0v) is 12.2. The molecule has 1 aliphatic heterocycles. The Hall–Kier alpha value is -0.660. The topological polar surface area (TPSA) is 87.1 Å². The molecule has 0 aliphatic carbocycles. The molecule has 1 saturated heterocycles. The minimum absolute atomic E-state index is 0.300. The first-order valence-electron chi connectivity index (χ1n) is 5.96. The van der Waals surface area contributed by atoms with Crippen LogP contribution in [0.4, 0.5) is 4.79 Å². The summed E-state index contributed by atoms with van der Waals surface area (Å²) in [6.45, 7) is 6.00. The summed E-state index contributed by atoms with van der Waals surface area (Å²) in [5.41, 5.74) is -0.553. The average Bonchev–Trinajstić information content (AvgIpc) is 2.12. The largest absolute Gasteiger partial charge is 0.444 e. The predicted octanol–water partition coefficient (Wildman–Crippen LogP) is 1.78. The van der Waals surface area contributed by atoms with E-state index in [0.29, 0.717) is 25.9 Å². The normalized spacial score (nSPS) is 21.2. The van der Waals surface area contributed by atoms with E-state index in [1.54, 1.807) is 20.8 Å². The van der Waals surface area contributed by atoms with Gasteiger partial charge in [0, 0.05) is 19.3 Å². The van der Waals surface area contributed by atoms with Crippen LogP contribution in [0.3, 0.4) is 0 Å². The molecule has 1 fully saturated rings. The minimum Gasteiger partial charge on any atom is -0.444 e. The zero-order chi connectivity index (χ0) is 14.2. The van der Waals surface area contributed by atoms with Crippen LogP contribution in [-0.4, -0.2) is 54.5 Å². The number of likely N-dealkylation sites (tertiary alicyclic amines) is 1. The molecule has 1 aliphatic rings. The third-order valence-electron chi connectivity index (χ3n) is 2.86. The van der Waals surface area contributed by atoms with Crippen LogP contribution >= 0.6 is 0 Å². The van der Waals surface area contributed by atoms with Gasteiger partial charge in [-0.3, -0.25) is 0 Å². The molecule has 0 radical (unpaired) electrons. The van der Waals surface area contributed by atoms with Gasteiger partial charge in [0.2, 0.25) is 0 Å². The van der Waals surface area contributed by atoms with E-state index in [4.69, 9.17) is 4.74 Å². The third-order valence-corrected chi connectivity index (χ3v) is 4.87. The average molecular weight is 281 g/mol. The van der Waals surface area contributed by atoms with Crippen LogP contribution in [-0.2, 0) is 14.4 Å². The summed E-state index contributed by atoms with van der Waals surface area (Å²) in [7, 11) is -4.52. The van der Waals surface area contributed by atoms with Crippen molar-refractivity contribution in [1.82, 2.24) is 4.90 Å². The van der Waals surface area contributed by atoms with Gasteiger partial charge >= 0.3 is 6.09 Å². The number of hydrogen-bond acceptors (Lipinski definition) is 3. The number of carbonyl (C=O) groups is 1. The summed E-state index contributed by atoms with van der Waals surface area (Å²) < 4.78 is 35.8. The van der Waals surface area contributed by atoms with Gasteiger partial charge in [-0.05, 0) is 33.6 Å². The van der Waals surface area contributed by atoms with E-state index >= 15 is 0 Å². The maximum Gasteiger partial charge on any atom is 0.410 e. The summed E-state index contributed by atoms with van der Waals surface area (Å²) in [5, 5.41) is -0.680. The van der Waals surface area contributed by atoms with Gasteiger partial charge in [0.1, 0.15) is 5.60 Å². The van der Waals surface area contributed by atoms with Gasteiger partial charge in [-0.2, -0.15) is 0 Å². The van der Waals surface area contributed by atoms with Crippen LogP contribution in [0.1, 0.15) is 33.6 Å². The fourth-order valence-corrected chi connectivity index (χ4v) is 3.20. The molecule has 1 heterocycles. The number of nitrogens with zero attached hydrogens (tertiary/aromatic N) is 1. The molecular formula is C11H23NO5S. The van der Waals surface area contributed by atoms with Crippen molar-refractivity contribution in [2.75, 3.05) is 19.3 Å². The van der Waals surface area contributed by atoms with Crippen molar-refractivity contribution in [3.05, 3.63) is 0 Å². The van der Waals surface area contributed by atoms with Crippen LogP contribution in [0, 0.1) is 0 Å². The van der Waals surface area contributed by atoms with Crippen molar-refractivity contribution >= 4 is 15.7 Å². The Labute approximate surface area is 108 Å². The molecule has 0 bridgehead atoms. The molecule has 1 amide bonds. The lowest BCUT2D eigenvalue weighted by molar-refractivity contribution is 0.0213. The smallest absolute Gasteiger partial charge is 0.410 e. The molecule has 0 spiro atoms. The van der Waals surface area contributed by atoms with Gasteiger partial charge in [-0.15, -0.1) is 0 Å². The second-order valence-electron chi connectivity index (χ2n) is 5.97. The Morgan fingerprint density at radius 3 is 2.06 bits per heavy atom. The van der Waals surface area contributed by atoms with Crippen LogP contribution in [0.25, 0.3) is 0 Å². The molecule has 18 heavy (non-hydrogen) atoms. The lowest BCUT2D eigenvalue weighted by Gasteiger charge is -2.40. The zero-order valence-electron chi connectivity index (χ0n) is 11.4. The van der Waals surface area contributed by atoms with Gasteiger partial charge < -0.3 is 18.7 Å². The number of hydrogen-bond donors (Lipinski definition) is 2. The highest BCUT2D eigenvalue weighted by atomic mass is 32.3. The monoisotopic (exact) mass is 281 g/mol. The van der Waals surface area contributed by atoms with E-state index in [9.17, 15) is 18.1 Å². The molecular weight excluding hydrogens is 258 g/mol. The van der Waals surface area contributed by atoms with Crippen molar-refractivity contribution in [1.29, 1.82) is 0 Å². The number of rotatable bonds is 1. The highest BCUT2D eigenvalue weighted by Crippen LogP contribution is 2.29. The van der Waals surface area contributed by atoms with E-state index < -0.39 is 26.6 Å². The highest BCUT2D eigenvalue weighted by molar-refractivity contribution is 8.10. The van der Waals surface area contributed by atoms with Crippen LogP contribution in [0.5, 0.6) is 0 Å². The molecule has 7 heteroatoms. The second kappa shape index (κ2) is 4.47. The minimum atomic E-state index is -4.52. The molecule has 6 nitrogen and oxygen atoms in total. The molecule has 0 aromatic heterocycles. The highest BCUT2D eigenvalue weighted by Gasteiger charge is 2.39. The predicted molar refractivity (Wildman–Crippen MR) is 70.2 cm³/mol.